The molecule has 1 N–H and O–H groups in total. The second-order valence-electron chi connectivity index (χ2n) is 2.79. The first kappa shape index (κ1) is 11.1. The van der Waals surface area contributed by atoms with Gasteiger partial charge in [-0.15, -0.1) is 0 Å². The maximum Gasteiger partial charge on any atom is 0.261 e. The highest BCUT2D eigenvalue weighted by atomic mass is 19.3. The smallest absolute Gasteiger partial charge is 0.261 e. The molecule has 0 fully saturated rings. The fraction of sp³-hybridized carbons (Fsp3) is 0.556. The van der Waals surface area contributed by atoms with Gasteiger partial charge in [0, 0.05) is 13.0 Å². The number of hydrogen-bond acceptors (Lipinski definition) is 3. The predicted molar refractivity (Wildman–Crippen MR) is 45.1 cm³/mol. The van der Waals surface area contributed by atoms with Gasteiger partial charge in [0.1, 0.15) is 18.5 Å². The lowest BCUT2D eigenvalue weighted by Crippen LogP contribution is -2.08. The second-order valence-corrected chi connectivity index (χ2v) is 2.79. The molecule has 5 heteroatoms. The molecule has 14 heavy (non-hydrogen) atoms. The molecule has 0 aliphatic heterocycles. The summed E-state index contributed by atoms with van der Waals surface area (Å²) in [4.78, 5) is 0. The molecule has 1 aromatic rings. The molecule has 0 amide bonds. The minimum atomic E-state index is -2.46. The summed E-state index contributed by atoms with van der Waals surface area (Å²) in [6.45, 7) is -0.503. The first-order chi connectivity index (χ1) is 6.70. The summed E-state index contributed by atoms with van der Waals surface area (Å²) in [5, 5.41) is 9.41. The van der Waals surface area contributed by atoms with Crippen LogP contribution in [0.1, 0.15) is 18.3 Å². The molecule has 0 aromatic carbocycles. The Morgan fingerprint density at radius 3 is 2.86 bits per heavy atom. The topological polar surface area (TPSA) is 42.6 Å². The largest absolute Gasteiger partial charge is 0.467 e. The van der Waals surface area contributed by atoms with Gasteiger partial charge in [0.25, 0.3) is 6.43 Å². The number of rotatable bonds is 6. The number of furan rings is 1. The van der Waals surface area contributed by atoms with Crippen molar-refractivity contribution in [3.63, 3.8) is 0 Å². The second kappa shape index (κ2) is 5.72. The van der Waals surface area contributed by atoms with E-state index in [0.29, 0.717) is 5.76 Å². The SMILES string of the molecule is OC(CCOCC(F)F)c1ccco1. The van der Waals surface area contributed by atoms with E-state index in [2.05, 4.69) is 4.74 Å². The van der Waals surface area contributed by atoms with Crippen LogP contribution < -0.4 is 0 Å². The average Bonchev–Trinajstić information content (AvgIpc) is 2.64. The molecule has 0 aliphatic carbocycles. The van der Waals surface area contributed by atoms with Crippen LogP contribution in [0.5, 0.6) is 0 Å². The number of aliphatic hydroxyl groups excluding tert-OH is 1. The van der Waals surface area contributed by atoms with Crippen molar-refractivity contribution in [2.45, 2.75) is 19.0 Å². The Morgan fingerprint density at radius 1 is 1.50 bits per heavy atom. The zero-order chi connectivity index (χ0) is 10.4. The van der Waals surface area contributed by atoms with Crippen molar-refractivity contribution in [2.75, 3.05) is 13.2 Å². The van der Waals surface area contributed by atoms with E-state index >= 15 is 0 Å². The number of ether oxygens (including phenoxy) is 1. The molecular weight excluding hydrogens is 194 g/mol. The zero-order valence-corrected chi connectivity index (χ0v) is 7.53. The van der Waals surface area contributed by atoms with Crippen LogP contribution in [0.4, 0.5) is 8.78 Å². The monoisotopic (exact) mass is 206 g/mol. The van der Waals surface area contributed by atoms with E-state index in [1.165, 1.54) is 6.26 Å². The van der Waals surface area contributed by atoms with Gasteiger partial charge in [-0.05, 0) is 12.1 Å². The van der Waals surface area contributed by atoms with Gasteiger partial charge < -0.3 is 14.3 Å². The van der Waals surface area contributed by atoms with Gasteiger partial charge >= 0.3 is 0 Å². The molecule has 1 aromatic heterocycles. The van der Waals surface area contributed by atoms with E-state index in [-0.39, 0.29) is 13.0 Å². The maximum absolute atomic E-state index is 11.6. The lowest BCUT2D eigenvalue weighted by atomic mass is 10.2. The molecule has 0 aliphatic rings. The Morgan fingerprint density at radius 2 is 2.29 bits per heavy atom. The van der Waals surface area contributed by atoms with Crippen molar-refractivity contribution >= 4 is 0 Å². The molecule has 1 unspecified atom stereocenters. The molecule has 0 radical (unpaired) electrons. The van der Waals surface area contributed by atoms with Crippen molar-refractivity contribution in [3.8, 4) is 0 Å². The van der Waals surface area contributed by atoms with E-state index < -0.39 is 19.1 Å². The molecule has 3 nitrogen and oxygen atoms in total. The molecule has 0 spiro atoms. The summed E-state index contributed by atoms with van der Waals surface area (Å²) in [6, 6.07) is 3.27. The summed E-state index contributed by atoms with van der Waals surface area (Å²) < 4.78 is 32.8. The molecular formula is C9H12F2O3. The summed E-state index contributed by atoms with van der Waals surface area (Å²) in [5.41, 5.74) is 0. The summed E-state index contributed by atoms with van der Waals surface area (Å²) in [6.07, 6.45) is -1.56. The van der Waals surface area contributed by atoms with Crippen LogP contribution >= 0.6 is 0 Å². The summed E-state index contributed by atoms with van der Waals surface area (Å²) in [7, 11) is 0. The van der Waals surface area contributed by atoms with Gasteiger partial charge in [-0.25, -0.2) is 8.78 Å². The minimum absolute atomic E-state index is 0.0895. The van der Waals surface area contributed by atoms with Crippen LogP contribution in [0.2, 0.25) is 0 Å². The minimum Gasteiger partial charge on any atom is -0.467 e. The van der Waals surface area contributed by atoms with Crippen molar-refractivity contribution < 1.29 is 23.0 Å². The van der Waals surface area contributed by atoms with E-state index in [0.717, 1.165) is 0 Å². The zero-order valence-electron chi connectivity index (χ0n) is 7.53. The van der Waals surface area contributed by atoms with Gasteiger partial charge in [0.05, 0.1) is 6.26 Å². The fourth-order valence-electron chi connectivity index (χ4n) is 0.991. The molecule has 0 saturated heterocycles. The van der Waals surface area contributed by atoms with Crippen molar-refractivity contribution in [1.82, 2.24) is 0 Å². The van der Waals surface area contributed by atoms with Crippen molar-refractivity contribution in [1.29, 1.82) is 0 Å². The van der Waals surface area contributed by atoms with Crippen LogP contribution in [0.15, 0.2) is 22.8 Å². The van der Waals surface area contributed by atoms with Crippen LogP contribution in [-0.4, -0.2) is 24.7 Å². The Hall–Kier alpha value is -0.940. The van der Waals surface area contributed by atoms with Crippen molar-refractivity contribution in [3.05, 3.63) is 24.2 Å². The van der Waals surface area contributed by atoms with Crippen LogP contribution in [-0.2, 0) is 4.74 Å². The maximum atomic E-state index is 11.6. The van der Waals surface area contributed by atoms with Crippen LogP contribution in [0.3, 0.4) is 0 Å². The van der Waals surface area contributed by atoms with Gasteiger partial charge in [0.2, 0.25) is 0 Å². The molecule has 0 bridgehead atoms. The highest BCUT2D eigenvalue weighted by Gasteiger charge is 2.10. The third-order valence-corrected chi connectivity index (χ3v) is 1.65. The lowest BCUT2D eigenvalue weighted by molar-refractivity contribution is 0.00260. The Bertz CT molecular complexity index is 236. The van der Waals surface area contributed by atoms with Crippen LogP contribution in [0.25, 0.3) is 0 Å². The molecule has 80 valence electrons. The predicted octanol–water partition coefficient (Wildman–Crippen LogP) is 1.98. The first-order valence-electron chi connectivity index (χ1n) is 4.27. The first-order valence-corrected chi connectivity index (χ1v) is 4.27. The van der Waals surface area contributed by atoms with E-state index in [1.807, 2.05) is 0 Å². The van der Waals surface area contributed by atoms with Gasteiger partial charge in [-0.2, -0.15) is 0 Å². The standard InChI is InChI=1S/C9H12F2O3/c10-9(11)6-13-5-3-7(12)8-2-1-4-14-8/h1-2,4,7,9,12H,3,5-6H2. The van der Waals surface area contributed by atoms with Crippen LogP contribution in [0, 0.1) is 0 Å². The number of hydrogen-bond donors (Lipinski definition) is 1. The van der Waals surface area contributed by atoms with E-state index in [4.69, 9.17) is 4.42 Å². The fourth-order valence-corrected chi connectivity index (χ4v) is 0.991. The van der Waals surface area contributed by atoms with Gasteiger partial charge in [0.15, 0.2) is 0 Å². The average molecular weight is 206 g/mol. The van der Waals surface area contributed by atoms with E-state index in [9.17, 15) is 13.9 Å². The normalized spacial score (nSPS) is 13.4. The van der Waals surface area contributed by atoms with Crippen molar-refractivity contribution in [2.24, 2.45) is 0 Å². The highest BCUT2D eigenvalue weighted by Crippen LogP contribution is 2.16. The molecule has 1 heterocycles. The summed E-state index contributed by atoms with van der Waals surface area (Å²) >= 11 is 0. The number of halogens is 2. The molecule has 1 rings (SSSR count). The Kier molecular flexibility index (Phi) is 4.55. The molecule has 1 atom stereocenters. The molecule has 0 saturated carbocycles. The number of aliphatic hydroxyl groups is 1. The Balaban J connectivity index is 2.13. The number of alkyl halides is 2. The third kappa shape index (κ3) is 3.85. The van der Waals surface area contributed by atoms with Gasteiger partial charge in [-0.1, -0.05) is 0 Å². The van der Waals surface area contributed by atoms with E-state index in [1.54, 1.807) is 12.1 Å². The lowest BCUT2D eigenvalue weighted by Gasteiger charge is -2.07. The third-order valence-electron chi connectivity index (χ3n) is 1.65. The Labute approximate surface area is 80.3 Å². The quantitative estimate of drug-likeness (QED) is 0.724. The highest BCUT2D eigenvalue weighted by molar-refractivity contribution is 5.01. The van der Waals surface area contributed by atoms with Gasteiger partial charge in [-0.3, -0.25) is 0 Å². The summed E-state index contributed by atoms with van der Waals surface area (Å²) in [5.74, 6) is 0.422.